The number of aromatic amines is 1. The van der Waals surface area contributed by atoms with E-state index in [2.05, 4.69) is 10.3 Å². The first-order valence-corrected chi connectivity index (χ1v) is 12.8. The number of fused-ring (bicyclic) bond motifs is 1. The van der Waals surface area contributed by atoms with Gasteiger partial charge in [0.25, 0.3) is 0 Å². The molecule has 0 radical (unpaired) electrons. The molecular weight excluding hydrogens is 486 g/mol. The van der Waals surface area contributed by atoms with Crippen molar-refractivity contribution in [3.8, 4) is 0 Å². The fraction of sp³-hybridized carbons (Fsp3) is 0.414. The summed E-state index contributed by atoms with van der Waals surface area (Å²) in [5.74, 6) is -0.915. The minimum absolute atomic E-state index is 0.167. The van der Waals surface area contributed by atoms with Gasteiger partial charge in [-0.05, 0) is 57.0 Å². The molecule has 2 atom stereocenters. The average Bonchev–Trinajstić information content (AvgIpc) is 3.51. The third kappa shape index (κ3) is 6.52. The van der Waals surface area contributed by atoms with Gasteiger partial charge in [0.05, 0.1) is 6.61 Å². The molecule has 2 N–H and O–H groups in total. The summed E-state index contributed by atoms with van der Waals surface area (Å²) in [4.78, 5) is 43.6. The van der Waals surface area contributed by atoms with E-state index in [1.54, 1.807) is 52.1 Å². The highest BCUT2D eigenvalue weighted by molar-refractivity contribution is 6.00. The third-order valence-corrected chi connectivity index (χ3v) is 6.36. The molecular formula is C29H35N3O6. The Labute approximate surface area is 222 Å². The van der Waals surface area contributed by atoms with Crippen LogP contribution < -0.4 is 5.32 Å². The van der Waals surface area contributed by atoms with Crippen LogP contribution in [0, 0.1) is 0 Å². The van der Waals surface area contributed by atoms with Crippen molar-refractivity contribution in [2.75, 3.05) is 32.2 Å². The predicted octanol–water partition coefficient (Wildman–Crippen LogP) is 5.09. The molecule has 9 heteroatoms. The van der Waals surface area contributed by atoms with Crippen molar-refractivity contribution in [2.45, 2.75) is 51.2 Å². The van der Waals surface area contributed by atoms with Crippen molar-refractivity contribution in [1.82, 2.24) is 9.88 Å². The second-order valence-corrected chi connectivity index (χ2v) is 10.4. The standard InChI is InChI=1S/C29H35N3O6/c1-29(2,3)38-28(35)32-14-13-22(19-9-6-5-7-10-19)25(32)26(33)30-21-11-12-23-20(17-21)18-24(31-23)27(34)37-16-8-15-36-4/h5-7,9-12,17-18,22,25,31H,8,13-16H2,1-4H3,(H,30,33)/t22-,25+/m1/s1. The normalized spacial score (nSPS) is 17.4. The van der Waals surface area contributed by atoms with Gasteiger partial charge in [0.2, 0.25) is 5.91 Å². The minimum atomic E-state index is -0.730. The lowest BCUT2D eigenvalue weighted by Crippen LogP contribution is -2.47. The van der Waals surface area contributed by atoms with Gasteiger partial charge in [0, 0.05) is 49.2 Å². The van der Waals surface area contributed by atoms with Crippen LogP contribution in [0.25, 0.3) is 10.9 Å². The maximum Gasteiger partial charge on any atom is 0.410 e. The molecule has 2 heterocycles. The number of carbonyl (C=O) groups is 3. The van der Waals surface area contributed by atoms with Gasteiger partial charge in [-0.15, -0.1) is 0 Å². The van der Waals surface area contributed by atoms with E-state index >= 15 is 0 Å². The smallest absolute Gasteiger partial charge is 0.410 e. The monoisotopic (exact) mass is 521 g/mol. The molecule has 2 amide bonds. The quantitative estimate of drug-likeness (QED) is 0.316. The Hall–Kier alpha value is -3.85. The lowest BCUT2D eigenvalue weighted by atomic mass is 9.91. The number of anilines is 1. The van der Waals surface area contributed by atoms with Gasteiger partial charge >= 0.3 is 12.1 Å². The van der Waals surface area contributed by atoms with E-state index in [1.165, 1.54) is 4.90 Å². The number of likely N-dealkylation sites (tertiary alicyclic amines) is 1. The summed E-state index contributed by atoms with van der Waals surface area (Å²) >= 11 is 0. The molecule has 1 fully saturated rings. The summed E-state index contributed by atoms with van der Waals surface area (Å²) in [5.41, 5.74) is 1.95. The van der Waals surface area contributed by atoms with Crippen molar-refractivity contribution in [2.24, 2.45) is 0 Å². The van der Waals surface area contributed by atoms with E-state index in [-0.39, 0.29) is 18.4 Å². The van der Waals surface area contributed by atoms with E-state index in [0.717, 1.165) is 16.5 Å². The number of amides is 2. The largest absolute Gasteiger partial charge is 0.461 e. The molecule has 1 saturated heterocycles. The lowest BCUT2D eigenvalue weighted by molar-refractivity contribution is -0.120. The fourth-order valence-electron chi connectivity index (χ4n) is 4.67. The minimum Gasteiger partial charge on any atom is -0.461 e. The van der Waals surface area contributed by atoms with Crippen molar-refractivity contribution < 1.29 is 28.6 Å². The maximum atomic E-state index is 13.6. The number of rotatable bonds is 8. The van der Waals surface area contributed by atoms with Gasteiger partial charge in [-0.25, -0.2) is 9.59 Å². The number of hydrogen-bond donors (Lipinski definition) is 2. The van der Waals surface area contributed by atoms with Crippen molar-refractivity contribution >= 4 is 34.6 Å². The third-order valence-electron chi connectivity index (χ3n) is 6.36. The number of nitrogens with one attached hydrogen (secondary N) is 2. The van der Waals surface area contributed by atoms with Gasteiger partial charge in [-0.3, -0.25) is 9.69 Å². The fourth-order valence-corrected chi connectivity index (χ4v) is 4.67. The van der Waals surface area contributed by atoms with Crippen molar-refractivity contribution in [1.29, 1.82) is 0 Å². The Morgan fingerprint density at radius 1 is 1.05 bits per heavy atom. The van der Waals surface area contributed by atoms with Gasteiger partial charge < -0.3 is 24.5 Å². The van der Waals surface area contributed by atoms with E-state index in [1.807, 2.05) is 30.3 Å². The molecule has 9 nitrogen and oxygen atoms in total. The van der Waals surface area contributed by atoms with E-state index < -0.39 is 23.7 Å². The van der Waals surface area contributed by atoms with Crippen LogP contribution in [0.1, 0.15) is 55.6 Å². The summed E-state index contributed by atoms with van der Waals surface area (Å²) < 4.78 is 15.9. The van der Waals surface area contributed by atoms with Crippen LogP contribution in [0.2, 0.25) is 0 Å². The highest BCUT2D eigenvalue weighted by Crippen LogP contribution is 2.35. The Bertz CT molecular complexity index is 1280. The SMILES string of the molecule is COCCCOC(=O)c1cc2cc(NC(=O)[C@@H]3[C@@H](c4ccccc4)CCN3C(=O)OC(C)(C)C)ccc2[nH]1. The summed E-state index contributed by atoms with van der Waals surface area (Å²) in [5, 5.41) is 3.73. The summed E-state index contributed by atoms with van der Waals surface area (Å²) in [7, 11) is 1.60. The van der Waals surface area contributed by atoms with Crippen LogP contribution in [0.3, 0.4) is 0 Å². The number of methoxy groups -OCH3 is 1. The zero-order chi connectivity index (χ0) is 27.3. The molecule has 0 unspecified atom stereocenters. The molecule has 38 heavy (non-hydrogen) atoms. The topological polar surface area (TPSA) is 110 Å². The van der Waals surface area contributed by atoms with Crippen molar-refractivity contribution in [3.05, 3.63) is 65.9 Å². The Kier molecular flexibility index (Phi) is 8.36. The Morgan fingerprint density at radius 2 is 1.82 bits per heavy atom. The molecule has 0 spiro atoms. The zero-order valence-electron chi connectivity index (χ0n) is 22.3. The maximum absolute atomic E-state index is 13.6. The number of esters is 1. The molecule has 0 aliphatic carbocycles. The van der Waals surface area contributed by atoms with Crippen LogP contribution in [0.5, 0.6) is 0 Å². The number of ether oxygens (including phenoxy) is 3. The number of carbonyl (C=O) groups excluding carboxylic acids is 3. The Balaban J connectivity index is 1.53. The predicted molar refractivity (Wildman–Crippen MR) is 144 cm³/mol. The van der Waals surface area contributed by atoms with Crippen LogP contribution >= 0.6 is 0 Å². The second kappa shape index (κ2) is 11.7. The van der Waals surface area contributed by atoms with Gasteiger partial charge in [-0.1, -0.05) is 30.3 Å². The molecule has 1 aliphatic heterocycles. The second-order valence-electron chi connectivity index (χ2n) is 10.4. The zero-order valence-corrected chi connectivity index (χ0v) is 22.3. The van der Waals surface area contributed by atoms with Crippen LogP contribution in [0.15, 0.2) is 54.6 Å². The molecule has 1 aliphatic rings. The lowest BCUT2D eigenvalue weighted by Gasteiger charge is -2.30. The summed E-state index contributed by atoms with van der Waals surface area (Å²) in [6.07, 6.45) is 0.754. The van der Waals surface area contributed by atoms with Crippen molar-refractivity contribution in [3.63, 3.8) is 0 Å². The van der Waals surface area contributed by atoms with Gasteiger partial charge in [0.15, 0.2) is 0 Å². The van der Waals surface area contributed by atoms with E-state index in [0.29, 0.717) is 37.4 Å². The highest BCUT2D eigenvalue weighted by Gasteiger charge is 2.44. The molecule has 0 saturated carbocycles. The van der Waals surface area contributed by atoms with Crippen LogP contribution in [-0.2, 0) is 19.0 Å². The summed E-state index contributed by atoms with van der Waals surface area (Å²) in [6, 6.07) is 16.0. The van der Waals surface area contributed by atoms with Crippen LogP contribution in [0.4, 0.5) is 10.5 Å². The summed E-state index contributed by atoms with van der Waals surface area (Å²) in [6.45, 7) is 6.61. The van der Waals surface area contributed by atoms with E-state index in [4.69, 9.17) is 14.2 Å². The van der Waals surface area contributed by atoms with Gasteiger partial charge in [0.1, 0.15) is 17.3 Å². The molecule has 0 bridgehead atoms. The van der Waals surface area contributed by atoms with Crippen LogP contribution in [-0.4, -0.2) is 66.4 Å². The van der Waals surface area contributed by atoms with Gasteiger partial charge in [-0.2, -0.15) is 0 Å². The number of benzene rings is 2. The Morgan fingerprint density at radius 3 is 2.53 bits per heavy atom. The first-order valence-electron chi connectivity index (χ1n) is 12.8. The number of nitrogens with zero attached hydrogens (tertiary/aromatic N) is 1. The molecule has 1 aromatic heterocycles. The first-order chi connectivity index (χ1) is 18.2. The first kappa shape index (κ1) is 27.2. The highest BCUT2D eigenvalue weighted by atomic mass is 16.6. The number of H-pyrrole nitrogens is 1. The van der Waals surface area contributed by atoms with E-state index in [9.17, 15) is 14.4 Å². The number of hydrogen-bond acceptors (Lipinski definition) is 6. The molecule has 2 aromatic carbocycles. The number of aromatic nitrogens is 1. The molecule has 4 rings (SSSR count). The molecule has 202 valence electrons. The molecule has 3 aromatic rings. The average molecular weight is 522 g/mol.